The van der Waals surface area contributed by atoms with Gasteiger partial charge in [0.1, 0.15) is 12.1 Å². The molecule has 5 heteroatoms. The highest BCUT2D eigenvalue weighted by Crippen LogP contribution is 2.21. The molecule has 0 atom stereocenters. The van der Waals surface area contributed by atoms with Crippen molar-refractivity contribution in [3.05, 3.63) is 41.1 Å². The van der Waals surface area contributed by atoms with Gasteiger partial charge in [-0.1, -0.05) is 28.1 Å². The van der Waals surface area contributed by atoms with E-state index in [0.29, 0.717) is 0 Å². The number of hydrogen-bond acceptors (Lipinski definition) is 3. The summed E-state index contributed by atoms with van der Waals surface area (Å²) in [4.78, 5) is 11.7. The zero-order valence-corrected chi connectivity index (χ0v) is 13.3. The normalized spacial score (nSPS) is 11.4. The van der Waals surface area contributed by atoms with Crippen LogP contribution in [0.4, 0.5) is 0 Å². The predicted octanol–water partition coefficient (Wildman–Crippen LogP) is 3.65. The summed E-state index contributed by atoms with van der Waals surface area (Å²) in [5.74, 6) is -0.289. The molecule has 1 heterocycles. The van der Waals surface area contributed by atoms with Crippen molar-refractivity contribution in [2.45, 2.75) is 32.9 Å². The van der Waals surface area contributed by atoms with E-state index < -0.39 is 5.60 Å². The lowest BCUT2D eigenvalue weighted by Gasteiger charge is -2.19. The zero-order chi connectivity index (χ0) is 14.8. The van der Waals surface area contributed by atoms with Gasteiger partial charge in [-0.05, 0) is 38.5 Å². The lowest BCUT2D eigenvalue weighted by molar-refractivity contribution is -0.155. The van der Waals surface area contributed by atoms with Crippen molar-refractivity contribution in [1.82, 2.24) is 9.78 Å². The minimum absolute atomic E-state index is 0.119. The number of carbonyl (C=O) groups excluding carboxylic acids is 1. The van der Waals surface area contributed by atoms with Crippen molar-refractivity contribution in [3.8, 4) is 11.1 Å². The number of nitrogens with zero attached hydrogens (tertiary/aromatic N) is 2. The minimum atomic E-state index is -0.473. The van der Waals surface area contributed by atoms with Gasteiger partial charge in [0.05, 0.1) is 6.20 Å². The number of benzene rings is 1. The number of carbonyl (C=O) groups is 1. The fourth-order valence-corrected chi connectivity index (χ4v) is 2.01. The van der Waals surface area contributed by atoms with E-state index in [9.17, 15) is 4.79 Å². The quantitative estimate of drug-likeness (QED) is 0.803. The van der Waals surface area contributed by atoms with E-state index in [2.05, 4.69) is 21.0 Å². The topological polar surface area (TPSA) is 44.1 Å². The Kier molecular flexibility index (Phi) is 4.28. The highest BCUT2D eigenvalue weighted by atomic mass is 79.9. The van der Waals surface area contributed by atoms with E-state index in [4.69, 9.17) is 4.74 Å². The third-order valence-corrected chi connectivity index (χ3v) is 3.05. The monoisotopic (exact) mass is 336 g/mol. The second-order valence-corrected chi connectivity index (χ2v) is 6.44. The van der Waals surface area contributed by atoms with E-state index >= 15 is 0 Å². The van der Waals surface area contributed by atoms with E-state index in [0.717, 1.165) is 15.6 Å². The molecular weight excluding hydrogens is 320 g/mol. The third kappa shape index (κ3) is 4.20. The highest BCUT2D eigenvalue weighted by molar-refractivity contribution is 9.10. The average molecular weight is 337 g/mol. The van der Waals surface area contributed by atoms with Gasteiger partial charge >= 0.3 is 5.97 Å². The first-order chi connectivity index (χ1) is 9.33. The fourth-order valence-electron chi connectivity index (χ4n) is 1.75. The van der Waals surface area contributed by atoms with Crippen molar-refractivity contribution in [2.24, 2.45) is 0 Å². The van der Waals surface area contributed by atoms with Gasteiger partial charge in [0, 0.05) is 16.2 Å². The van der Waals surface area contributed by atoms with Crippen molar-refractivity contribution in [1.29, 1.82) is 0 Å². The molecule has 4 nitrogen and oxygen atoms in total. The molecule has 0 unspecified atom stereocenters. The van der Waals surface area contributed by atoms with Gasteiger partial charge in [-0.3, -0.25) is 9.48 Å². The van der Waals surface area contributed by atoms with Crippen LogP contribution < -0.4 is 0 Å². The van der Waals surface area contributed by atoms with Crippen LogP contribution >= 0.6 is 15.9 Å². The van der Waals surface area contributed by atoms with Crippen LogP contribution in [0.2, 0.25) is 0 Å². The van der Waals surface area contributed by atoms with E-state index in [1.165, 1.54) is 0 Å². The van der Waals surface area contributed by atoms with E-state index in [1.807, 2.05) is 51.2 Å². The minimum Gasteiger partial charge on any atom is -0.459 e. The van der Waals surface area contributed by atoms with Crippen LogP contribution in [-0.2, 0) is 16.1 Å². The van der Waals surface area contributed by atoms with Crippen molar-refractivity contribution >= 4 is 21.9 Å². The molecule has 1 aromatic carbocycles. The number of hydrogen-bond donors (Lipinski definition) is 0. The van der Waals surface area contributed by atoms with E-state index in [-0.39, 0.29) is 12.5 Å². The van der Waals surface area contributed by atoms with Crippen LogP contribution in [0, 0.1) is 0 Å². The molecule has 0 saturated heterocycles. The fraction of sp³-hybridized carbons (Fsp3) is 0.333. The summed E-state index contributed by atoms with van der Waals surface area (Å²) >= 11 is 3.40. The molecular formula is C15H17BrN2O2. The Morgan fingerprint density at radius 2 is 1.90 bits per heavy atom. The van der Waals surface area contributed by atoms with Crippen LogP contribution in [0.1, 0.15) is 20.8 Å². The molecule has 0 aliphatic rings. The molecule has 20 heavy (non-hydrogen) atoms. The van der Waals surface area contributed by atoms with Crippen molar-refractivity contribution < 1.29 is 9.53 Å². The maximum Gasteiger partial charge on any atom is 0.328 e. The second-order valence-electron chi connectivity index (χ2n) is 5.52. The Hall–Kier alpha value is -1.62. The summed E-state index contributed by atoms with van der Waals surface area (Å²) in [6, 6.07) is 7.94. The van der Waals surface area contributed by atoms with E-state index in [1.54, 1.807) is 10.9 Å². The highest BCUT2D eigenvalue weighted by Gasteiger charge is 2.16. The Balaban J connectivity index is 2.06. The van der Waals surface area contributed by atoms with Gasteiger partial charge in [-0.15, -0.1) is 0 Å². The summed E-state index contributed by atoms with van der Waals surface area (Å²) in [7, 11) is 0. The molecule has 0 fully saturated rings. The first-order valence-corrected chi connectivity index (χ1v) is 7.13. The maximum atomic E-state index is 11.7. The van der Waals surface area contributed by atoms with Crippen LogP contribution in [0.3, 0.4) is 0 Å². The molecule has 2 rings (SSSR count). The largest absolute Gasteiger partial charge is 0.459 e. The van der Waals surface area contributed by atoms with Gasteiger partial charge in [0.25, 0.3) is 0 Å². The lowest BCUT2D eigenvalue weighted by Crippen LogP contribution is -2.26. The van der Waals surface area contributed by atoms with Gasteiger partial charge in [0.2, 0.25) is 0 Å². The summed E-state index contributed by atoms with van der Waals surface area (Å²) in [6.45, 7) is 5.66. The van der Waals surface area contributed by atoms with Crippen LogP contribution in [-0.4, -0.2) is 21.4 Å². The van der Waals surface area contributed by atoms with Gasteiger partial charge in [-0.25, -0.2) is 0 Å². The molecule has 0 amide bonds. The molecule has 106 valence electrons. The van der Waals surface area contributed by atoms with Crippen molar-refractivity contribution in [2.75, 3.05) is 0 Å². The summed E-state index contributed by atoms with van der Waals surface area (Å²) < 4.78 is 7.89. The summed E-state index contributed by atoms with van der Waals surface area (Å²) in [6.07, 6.45) is 3.58. The standard InChI is InChI=1S/C15H17BrN2O2/c1-15(2,3)20-14(19)10-18-9-12(8-17-18)11-4-6-13(16)7-5-11/h4-9H,10H2,1-3H3. The number of esters is 1. The maximum absolute atomic E-state index is 11.7. The Morgan fingerprint density at radius 3 is 2.50 bits per heavy atom. The molecule has 0 spiro atoms. The SMILES string of the molecule is CC(C)(C)OC(=O)Cn1cc(-c2ccc(Br)cc2)cn1. The van der Waals surface area contributed by atoms with Crippen LogP contribution in [0.15, 0.2) is 41.1 Å². The zero-order valence-electron chi connectivity index (χ0n) is 11.8. The first kappa shape index (κ1) is 14.8. The molecule has 0 N–H and O–H groups in total. The van der Waals surface area contributed by atoms with Crippen LogP contribution in [0.25, 0.3) is 11.1 Å². The lowest BCUT2D eigenvalue weighted by atomic mass is 10.1. The molecule has 0 radical (unpaired) electrons. The number of aromatic nitrogens is 2. The third-order valence-electron chi connectivity index (χ3n) is 2.52. The number of halogens is 1. The Morgan fingerprint density at radius 1 is 1.25 bits per heavy atom. The predicted molar refractivity (Wildman–Crippen MR) is 81.2 cm³/mol. The molecule has 2 aromatic rings. The molecule has 0 aliphatic carbocycles. The smallest absolute Gasteiger partial charge is 0.328 e. The number of rotatable bonds is 3. The first-order valence-electron chi connectivity index (χ1n) is 6.34. The van der Waals surface area contributed by atoms with Gasteiger partial charge < -0.3 is 4.74 Å². The Labute approximate surface area is 126 Å². The summed E-state index contributed by atoms with van der Waals surface area (Å²) in [5.41, 5.74) is 1.56. The second kappa shape index (κ2) is 5.79. The molecule has 0 saturated carbocycles. The molecule has 0 aliphatic heterocycles. The number of ether oxygens (including phenoxy) is 1. The van der Waals surface area contributed by atoms with Gasteiger partial charge in [0.15, 0.2) is 0 Å². The van der Waals surface area contributed by atoms with Crippen molar-refractivity contribution in [3.63, 3.8) is 0 Å². The Bertz CT molecular complexity index is 597. The van der Waals surface area contributed by atoms with Crippen LogP contribution in [0.5, 0.6) is 0 Å². The summed E-state index contributed by atoms with van der Waals surface area (Å²) in [5, 5.41) is 4.19. The average Bonchev–Trinajstić information content (AvgIpc) is 2.75. The molecule has 1 aromatic heterocycles. The molecule has 0 bridgehead atoms. The van der Waals surface area contributed by atoms with Gasteiger partial charge in [-0.2, -0.15) is 5.10 Å².